The Morgan fingerprint density at radius 2 is 1.57 bits per heavy atom. The molecular weight excluding hydrogens is 375 g/mol. The minimum Gasteiger partial charge on any atom is -0.679 e. The van der Waals surface area contributed by atoms with Crippen LogP contribution in [0.4, 0.5) is 0 Å². The molecule has 0 aliphatic heterocycles. The molecule has 0 spiro atoms. The Morgan fingerprint density at radius 3 is 1.64 bits per heavy atom. The average molecular weight is 385 g/mol. The van der Waals surface area contributed by atoms with Gasteiger partial charge in [0.1, 0.15) is 0 Å². The van der Waals surface area contributed by atoms with Gasteiger partial charge in [-0.05, 0) is 0 Å². The van der Waals surface area contributed by atoms with Gasteiger partial charge in [0.05, 0.1) is 12.1 Å². The average Bonchev–Trinajstić information content (AvgIpc) is 2.03. The Bertz CT molecular complexity index is 164. The number of aliphatic hydroxyl groups excluding tert-OH is 1. The normalized spacial score (nSPS) is 10.2. The monoisotopic (exact) mass is 385 g/mol. The molecule has 7 nitrogen and oxygen atoms in total. The molecule has 0 aromatic rings. The number of hydrogen-bond donors (Lipinski definition) is 1. The number of nitrogens with one attached hydrogen (secondary N) is 2. The largest absolute Gasteiger partial charge is 4.00 e. The van der Waals surface area contributed by atoms with Gasteiger partial charge in [-0.25, -0.2) is 0 Å². The molecular formula is C6H10N2O5Pt. The SMILES string of the molecule is O=C([O-])CC(O)C(=O)[O-].[NH-]CC[NH-].[Pt+4]. The number of carboxylic acid groups (broad SMARTS) is 2. The van der Waals surface area contributed by atoms with Crippen LogP contribution in [0, 0.1) is 0 Å². The van der Waals surface area contributed by atoms with E-state index in [9.17, 15) is 19.8 Å². The van der Waals surface area contributed by atoms with Crippen LogP contribution in [0.2, 0.25) is 0 Å². The topological polar surface area (TPSA) is 148 Å². The number of carbonyl (C=O) groups excluding carboxylic acids is 2. The fraction of sp³-hybridized carbons (Fsp3) is 0.667. The summed E-state index contributed by atoms with van der Waals surface area (Å²) in [5.74, 6) is -3.43. The molecule has 0 rings (SSSR count). The van der Waals surface area contributed by atoms with E-state index in [1.54, 1.807) is 0 Å². The summed E-state index contributed by atoms with van der Waals surface area (Å²) in [5.41, 5.74) is 12.5. The zero-order chi connectivity index (χ0) is 10.9. The van der Waals surface area contributed by atoms with E-state index in [1.807, 2.05) is 0 Å². The number of carbonyl (C=O) groups is 2. The van der Waals surface area contributed by atoms with Gasteiger partial charge >= 0.3 is 21.1 Å². The molecule has 1 atom stereocenters. The molecule has 0 radical (unpaired) electrons. The van der Waals surface area contributed by atoms with Crippen LogP contribution in [0.25, 0.3) is 11.5 Å². The van der Waals surface area contributed by atoms with Crippen LogP contribution in [0.5, 0.6) is 0 Å². The second kappa shape index (κ2) is 12.5. The summed E-state index contributed by atoms with van der Waals surface area (Å²) < 4.78 is 0. The number of carboxylic acids is 2. The third kappa shape index (κ3) is 17.6. The number of aliphatic hydroxyl groups is 1. The van der Waals surface area contributed by atoms with E-state index >= 15 is 0 Å². The summed E-state index contributed by atoms with van der Waals surface area (Å²) in [6.07, 6.45) is -2.89. The number of rotatable bonds is 4. The van der Waals surface area contributed by atoms with Gasteiger partial charge in [-0.15, -0.1) is 0 Å². The molecule has 0 fully saturated rings. The van der Waals surface area contributed by atoms with Crippen molar-refractivity contribution in [2.75, 3.05) is 13.1 Å². The second-order valence-corrected chi connectivity index (χ2v) is 1.91. The minimum atomic E-state index is -1.96. The summed E-state index contributed by atoms with van der Waals surface area (Å²) in [6.45, 7) is 0.472. The second-order valence-electron chi connectivity index (χ2n) is 1.91. The van der Waals surface area contributed by atoms with Crippen molar-refractivity contribution in [1.29, 1.82) is 0 Å². The smallest absolute Gasteiger partial charge is 0.679 e. The van der Waals surface area contributed by atoms with Crippen molar-refractivity contribution in [3.8, 4) is 0 Å². The van der Waals surface area contributed by atoms with Gasteiger partial charge in [-0.3, -0.25) is 0 Å². The predicted octanol–water partition coefficient (Wildman–Crippen LogP) is -2.67. The summed E-state index contributed by atoms with van der Waals surface area (Å²) >= 11 is 0. The quantitative estimate of drug-likeness (QED) is 0.560. The van der Waals surface area contributed by atoms with Crippen molar-refractivity contribution in [1.82, 2.24) is 0 Å². The fourth-order valence-corrected chi connectivity index (χ4v) is 0.241. The Balaban J connectivity index is -0.000000209. The summed E-state index contributed by atoms with van der Waals surface area (Å²) in [7, 11) is 0. The van der Waals surface area contributed by atoms with Crippen LogP contribution in [0.3, 0.4) is 0 Å². The fourth-order valence-electron chi connectivity index (χ4n) is 0.241. The first-order valence-electron chi connectivity index (χ1n) is 3.33. The van der Waals surface area contributed by atoms with Crippen molar-refractivity contribution >= 4 is 11.9 Å². The van der Waals surface area contributed by atoms with E-state index in [2.05, 4.69) is 0 Å². The number of aliphatic carboxylic acids is 2. The van der Waals surface area contributed by atoms with Crippen LogP contribution >= 0.6 is 0 Å². The summed E-state index contributed by atoms with van der Waals surface area (Å²) in [4.78, 5) is 19.1. The van der Waals surface area contributed by atoms with Crippen LogP contribution < -0.4 is 10.2 Å². The molecule has 0 aromatic carbocycles. The molecule has 0 aromatic heterocycles. The number of hydrogen-bond acceptors (Lipinski definition) is 5. The van der Waals surface area contributed by atoms with Crippen molar-refractivity contribution in [3.05, 3.63) is 11.5 Å². The van der Waals surface area contributed by atoms with Crippen molar-refractivity contribution in [2.24, 2.45) is 0 Å². The molecule has 8 heteroatoms. The van der Waals surface area contributed by atoms with E-state index in [4.69, 9.17) is 16.6 Å². The van der Waals surface area contributed by atoms with E-state index in [0.717, 1.165) is 0 Å². The first-order chi connectivity index (χ1) is 5.95. The van der Waals surface area contributed by atoms with E-state index < -0.39 is 24.5 Å². The molecule has 0 saturated heterocycles. The maximum atomic E-state index is 9.58. The molecule has 0 heterocycles. The first kappa shape index (κ1) is 19.1. The molecule has 1 unspecified atom stereocenters. The van der Waals surface area contributed by atoms with Crippen molar-refractivity contribution in [2.45, 2.75) is 12.5 Å². The van der Waals surface area contributed by atoms with E-state index in [0.29, 0.717) is 0 Å². The molecule has 3 N–H and O–H groups in total. The standard InChI is InChI=1S/C4H6O5.C2H6N2.Pt/c5-2(4(8)9)1-3(6)7;3-1-2-4;/h2,5H,1H2,(H,6,7)(H,8,9);3-4H,1-2H2;/q;-2;+4/p-2. The van der Waals surface area contributed by atoms with Crippen LogP contribution in [0.1, 0.15) is 6.42 Å². The first-order valence-corrected chi connectivity index (χ1v) is 3.33. The van der Waals surface area contributed by atoms with E-state index in [1.165, 1.54) is 0 Å². The molecule has 0 aliphatic carbocycles. The summed E-state index contributed by atoms with van der Waals surface area (Å²) in [6, 6.07) is 0. The molecule has 14 heavy (non-hydrogen) atoms. The predicted molar refractivity (Wildman–Crippen MR) is 39.0 cm³/mol. The van der Waals surface area contributed by atoms with Gasteiger partial charge in [0.25, 0.3) is 0 Å². The minimum absolute atomic E-state index is 0. The Labute approximate surface area is 95.3 Å². The maximum Gasteiger partial charge on any atom is 4.00 e. The van der Waals surface area contributed by atoms with Crippen LogP contribution in [0.15, 0.2) is 0 Å². The third-order valence-corrected chi connectivity index (χ3v) is 0.757. The summed E-state index contributed by atoms with van der Waals surface area (Å²) in [5, 5.41) is 27.3. The van der Waals surface area contributed by atoms with Gasteiger partial charge in [0.2, 0.25) is 0 Å². The van der Waals surface area contributed by atoms with Crippen LogP contribution in [-0.2, 0) is 30.7 Å². The van der Waals surface area contributed by atoms with Gasteiger partial charge in [0, 0.05) is 12.4 Å². The molecule has 0 aliphatic rings. The van der Waals surface area contributed by atoms with Crippen molar-refractivity contribution < 1.29 is 46.0 Å². The van der Waals surface area contributed by atoms with Gasteiger partial charge in [-0.1, -0.05) is 0 Å². The molecule has 0 bridgehead atoms. The van der Waals surface area contributed by atoms with E-state index in [-0.39, 0.29) is 34.2 Å². The molecule has 0 saturated carbocycles. The molecule has 84 valence electrons. The zero-order valence-corrected chi connectivity index (χ0v) is 9.37. The van der Waals surface area contributed by atoms with Gasteiger partial charge in [-0.2, -0.15) is 13.1 Å². The van der Waals surface area contributed by atoms with Gasteiger partial charge < -0.3 is 36.4 Å². The van der Waals surface area contributed by atoms with Crippen LogP contribution in [-0.4, -0.2) is 36.2 Å². The Hall–Kier alpha value is -0.492. The Kier molecular flexibility index (Phi) is 17.1. The van der Waals surface area contributed by atoms with Crippen molar-refractivity contribution in [3.63, 3.8) is 0 Å². The van der Waals surface area contributed by atoms with Gasteiger partial charge in [0.15, 0.2) is 0 Å². The Morgan fingerprint density at radius 1 is 1.21 bits per heavy atom. The maximum absolute atomic E-state index is 9.58. The third-order valence-electron chi connectivity index (χ3n) is 0.757. The zero-order valence-electron chi connectivity index (χ0n) is 7.10. The molecule has 0 amide bonds.